The molecular formula is C24H18ClN5O2. The van der Waals surface area contributed by atoms with E-state index < -0.39 is 0 Å². The SMILES string of the molecule is O=C(Nc1ccc(Cl)c(-c2ccccn2)c1)c1ccc(C(=O)NCc2ccccn2)nc1. The highest BCUT2D eigenvalue weighted by Gasteiger charge is 2.12. The van der Waals surface area contributed by atoms with Crippen LogP contribution in [0.15, 0.2) is 85.3 Å². The molecule has 0 aliphatic rings. The minimum absolute atomic E-state index is 0.210. The number of benzene rings is 1. The molecule has 3 heterocycles. The second-order valence-corrected chi connectivity index (χ2v) is 7.21. The summed E-state index contributed by atoms with van der Waals surface area (Å²) in [6.07, 6.45) is 4.70. The number of anilines is 1. The molecular weight excluding hydrogens is 426 g/mol. The highest BCUT2D eigenvalue weighted by molar-refractivity contribution is 6.33. The molecule has 2 amide bonds. The van der Waals surface area contributed by atoms with Crippen LogP contribution >= 0.6 is 11.6 Å². The van der Waals surface area contributed by atoms with Crippen LogP contribution in [0.3, 0.4) is 0 Å². The molecule has 8 heteroatoms. The first kappa shape index (κ1) is 21.1. The zero-order chi connectivity index (χ0) is 22.3. The van der Waals surface area contributed by atoms with Gasteiger partial charge in [0, 0.05) is 29.8 Å². The number of pyridine rings is 3. The zero-order valence-electron chi connectivity index (χ0n) is 16.8. The summed E-state index contributed by atoms with van der Waals surface area (Å²) in [7, 11) is 0. The van der Waals surface area contributed by atoms with Gasteiger partial charge in [-0.25, -0.2) is 0 Å². The van der Waals surface area contributed by atoms with E-state index in [1.54, 1.807) is 42.7 Å². The summed E-state index contributed by atoms with van der Waals surface area (Å²) in [6, 6.07) is 19.2. The van der Waals surface area contributed by atoms with Crippen molar-refractivity contribution in [1.82, 2.24) is 20.3 Å². The van der Waals surface area contributed by atoms with Gasteiger partial charge in [0.2, 0.25) is 0 Å². The zero-order valence-corrected chi connectivity index (χ0v) is 17.6. The first-order valence-electron chi connectivity index (χ1n) is 9.76. The van der Waals surface area contributed by atoms with E-state index in [1.165, 1.54) is 12.3 Å². The molecule has 0 radical (unpaired) electrons. The van der Waals surface area contributed by atoms with Crippen molar-refractivity contribution in [2.75, 3.05) is 5.32 Å². The second-order valence-electron chi connectivity index (χ2n) is 6.80. The minimum atomic E-state index is -0.354. The molecule has 0 saturated carbocycles. The summed E-state index contributed by atoms with van der Waals surface area (Å²) in [5.41, 5.74) is 3.25. The van der Waals surface area contributed by atoms with Crippen LogP contribution < -0.4 is 10.6 Å². The van der Waals surface area contributed by atoms with Crippen molar-refractivity contribution in [3.8, 4) is 11.3 Å². The van der Waals surface area contributed by atoms with Crippen LogP contribution in [0.1, 0.15) is 26.5 Å². The first-order chi connectivity index (χ1) is 15.6. The van der Waals surface area contributed by atoms with Gasteiger partial charge in [0.05, 0.1) is 28.5 Å². The third-order valence-corrected chi connectivity index (χ3v) is 4.91. The third kappa shape index (κ3) is 5.14. The Morgan fingerprint density at radius 3 is 2.34 bits per heavy atom. The molecule has 0 bridgehead atoms. The number of amides is 2. The van der Waals surface area contributed by atoms with E-state index in [2.05, 4.69) is 25.6 Å². The number of rotatable bonds is 6. The smallest absolute Gasteiger partial charge is 0.270 e. The van der Waals surface area contributed by atoms with Crippen molar-refractivity contribution in [1.29, 1.82) is 0 Å². The standard InChI is InChI=1S/C24H18ClN5O2/c25-20-9-8-17(13-19(20)21-6-2-4-12-27-21)30-23(31)16-7-10-22(28-14-16)24(32)29-15-18-5-1-3-11-26-18/h1-14H,15H2,(H,29,32)(H,30,31). The van der Waals surface area contributed by atoms with Crippen molar-refractivity contribution >= 4 is 29.1 Å². The summed E-state index contributed by atoms with van der Waals surface area (Å²) in [4.78, 5) is 37.5. The summed E-state index contributed by atoms with van der Waals surface area (Å²) in [5.74, 6) is -0.701. The van der Waals surface area contributed by atoms with Crippen LogP contribution in [-0.2, 0) is 6.54 Å². The minimum Gasteiger partial charge on any atom is -0.345 e. The predicted octanol–water partition coefficient (Wildman–Crippen LogP) is 4.37. The molecule has 0 unspecified atom stereocenters. The quantitative estimate of drug-likeness (QED) is 0.461. The summed E-state index contributed by atoms with van der Waals surface area (Å²) in [6.45, 7) is 0.290. The predicted molar refractivity (Wildman–Crippen MR) is 122 cm³/mol. The van der Waals surface area contributed by atoms with Gasteiger partial charge in [-0.3, -0.25) is 24.5 Å². The molecule has 0 aliphatic carbocycles. The van der Waals surface area contributed by atoms with Crippen LogP contribution in [0.25, 0.3) is 11.3 Å². The molecule has 3 aromatic heterocycles. The van der Waals surface area contributed by atoms with Gasteiger partial charge in [-0.1, -0.05) is 23.7 Å². The molecule has 0 aliphatic heterocycles. The van der Waals surface area contributed by atoms with Crippen LogP contribution in [0, 0.1) is 0 Å². The van der Waals surface area contributed by atoms with Gasteiger partial charge in [-0.15, -0.1) is 0 Å². The van der Waals surface area contributed by atoms with E-state index in [0.29, 0.717) is 34.1 Å². The summed E-state index contributed by atoms with van der Waals surface area (Å²) < 4.78 is 0. The number of halogens is 1. The lowest BCUT2D eigenvalue weighted by Crippen LogP contribution is -2.24. The van der Waals surface area contributed by atoms with Crippen LogP contribution in [0.2, 0.25) is 5.02 Å². The van der Waals surface area contributed by atoms with Crippen LogP contribution in [-0.4, -0.2) is 26.8 Å². The Hall–Kier alpha value is -4.10. The van der Waals surface area contributed by atoms with Gasteiger partial charge in [0.15, 0.2) is 0 Å². The van der Waals surface area contributed by atoms with Crippen molar-refractivity contribution in [3.05, 3.63) is 107 Å². The van der Waals surface area contributed by atoms with Crippen molar-refractivity contribution in [3.63, 3.8) is 0 Å². The van der Waals surface area contributed by atoms with Crippen molar-refractivity contribution < 1.29 is 9.59 Å². The molecule has 32 heavy (non-hydrogen) atoms. The highest BCUT2D eigenvalue weighted by Crippen LogP contribution is 2.29. The Bertz CT molecular complexity index is 1230. The number of carbonyl (C=O) groups is 2. The molecule has 4 aromatic rings. The van der Waals surface area contributed by atoms with Gasteiger partial charge in [0.1, 0.15) is 5.69 Å². The Morgan fingerprint density at radius 1 is 0.844 bits per heavy atom. The maximum atomic E-state index is 12.6. The lowest BCUT2D eigenvalue weighted by Gasteiger charge is -2.09. The Morgan fingerprint density at radius 2 is 1.66 bits per heavy atom. The van der Waals surface area contributed by atoms with Gasteiger partial charge >= 0.3 is 0 Å². The molecule has 158 valence electrons. The number of hydrogen-bond donors (Lipinski definition) is 2. The molecule has 0 spiro atoms. The van der Waals surface area contributed by atoms with E-state index in [9.17, 15) is 9.59 Å². The van der Waals surface area contributed by atoms with Gasteiger partial charge in [0.25, 0.3) is 11.8 Å². The molecule has 0 saturated heterocycles. The molecule has 0 fully saturated rings. The molecule has 4 rings (SSSR count). The number of carbonyl (C=O) groups excluding carboxylic acids is 2. The fourth-order valence-electron chi connectivity index (χ4n) is 2.95. The Balaban J connectivity index is 1.41. The number of aromatic nitrogens is 3. The molecule has 0 atom stereocenters. The van der Waals surface area contributed by atoms with Crippen LogP contribution in [0.4, 0.5) is 5.69 Å². The topological polar surface area (TPSA) is 96.9 Å². The average Bonchev–Trinajstić information content (AvgIpc) is 2.85. The van der Waals surface area contributed by atoms with Gasteiger partial charge < -0.3 is 10.6 Å². The fourth-order valence-corrected chi connectivity index (χ4v) is 3.17. The average molecular weight is 444 g/mol. The molecule has 1 aromatic carbocycles. The Labute approximate surface area is 189 Å². The lowest BCUT2D eigenvalue weighted by atomic mass is 10.1. The monoisotopic (exact) mass is 443 g/mol. The number of nitrogens with zero attached hydrogens (tertiary/aromatic N) is 3. The van der Waals surface area contributed by atoms with E-state index >= 15 is 0 Å². The number of hydrogen-bond acceptors (Lipinski definition) is 5. The highest BCUT2D eigenvalue weighted by atomic mass is 35.5. The van der Waals surface area contributed by atoms with Gasteiger partial charge in [-0.2, -0.15) is 0 Å². The number of nitrogens with one attached hydrogen (secondary N) is 2. The molecule has 2 N–H and O–H groups in total. The molecule has 7 nitrogen and oxygen atoms in total. The van der Waals surface area contributed by atoms with E-state index in [1.807, 2.05) is 30.3 Å². The normalized spacial score (nSPS) is 10.4. The van der Waals surface area contributed by atoms with Crippen molar-refractivity contribution in [2.24, 2.45) is 0 Å². The largest absolute Gasteiger partial charge is 0.345 e. The first-order valence-corrected chi connectivity index (χ1v) is 10.1. The van der Waals surface area contributed by atoms with Crippen LogP contribution in [0.5, 0.6) is 0 Å². The van der Waals surface area contributed by atoms with Crippen molar-refractivity contribution in [2.45, 2.75) is 6.54 Å². The van der Waals surface area contributed by atoms with Gasteiger partial charge in [-0.05, 0) is 54.6 Å². The second kappa shape index (κ2) is 9.80. The maximum absolute atomic E-state index is 12.6. The van der Waals surface area contributed by atoms with E-state index in [0.717, 1.165) is 5.69 Å². The lowest BCUT2D eigenvalue weighted by molar-refractivity contribution is 0.0943. The van der Waals surface area contributed by atoms with E-state index in [-0.39, 0.29) is 17.5 Å². The summed E-state index contributed by atoms with van der Waals surface area (Å²) >= 11 is 6.29. The van der Waals surface area contributed by atoms with E-state index in [4.69, 9.17) is 11.6 Å². The summed E-state index contributed by atoms with van der Waals surface area (Å²) in [5, 5.41) is 6.10. The maximum Gasteiger partial charge on any atom is 0.270 e. The third-order valence-electron chi connectivity index (χ3n) is 4.58. The Kier molecular flexibility index (Phi) is 6.48. The fraction of sp³-hybridized carbons (Fsp3) is 0.0417.